The van der Waals surface area contributed by atoms with E-state index >= 15 is 0 Å². The molecule has 0 saturated carbocycles. The third kappa shape index (κ3) is 5.05. The van der Waals surface area contributed by atoms with Crippen molar-refractivity contribution in [3.63, 3.8) is 0 Å². The summed E-state index contributed by atoms with van der Waals surface area (Å²) < 4.78 is 25.5. The van der Waals surface area contributed by atoms with Crippen LogP contribution in [0.2, 0.25) is 0 Å². The van der Waals surface area contributed by atoms with Crippen molar-refractivity contribution in [3.8, 4) is 0 Å². The maximum Gasteiger partial charge on any atom is 0.238 e. The van der Waals surface area contributed by atoms with Crippen LogP contribution < -0.4 is 0 Å². The number of nitrogens with zero attached hydrogens (tertiary/aromatic N) is 2. The van der Waals surface area contributed by atoms with Gasteiger partial charge in [-0.1, -0.05) is 36.8 Å². The van der Waals surface area contributed by atoms with Crippen LogP contribution in [0.15, 0.2) is 24.3 Å². The van der Waals surface area contributed by atoms with Crippen LogP contribution in [-0.4, -0.2) is 48.9 Å². The Morgan fingerprint density at radius 1 is 1.25 bits per heavy atom. The molecule has 0 aliphatic carbocycles. The third-order valence-corrected chi connectivity index (χ3v) is 5.88. The van der Waals surface area contributed by atoms with Crippen LogP contribution >= 0.6 is 0 Å². The Hall–Kier alpha value is -1.40. The number of carbonyl (C=O) groups excluding carboxylic acids is 1. The summed E-state index contributed by atoms with van der Waals surface area (Å²) in [5, 5.41) is 0. The molecule has 0 N–H and O–H groups in total. The Morgan fingerprint density at radius 2 is 1.92 bits per heavy atom. The molecule has 5 nitrogen and oxygen atoms in total. The van der Waals surface area contributed by atoms with Crippen LogP contribution in [0.3, 0.4) is 0 Å². The van der Waals surface area contributed by atoms with E-state index in [1.807, 2.05) is 36.1 Å². The number of sulfonamides is 1. The van der Waals surface area contributed by atoms with Crippen molar-refractivity contribution in [2.45, 2.75) is 52.1 Å². The van der Waals surface area contributed by atoms with Crippen molar-refractivity contribution >= 4 is 15.9 Å². The van der Waals surface area contributed by atoms with Crippen LogP contribution in [-0.2, 0) is 21.4 Å². The molecule has 1 aliphatic rings. The lowest BCUT2D eigenvalue weighted by Crippen LogP contribution is -2.48. The first-order valence-corrected chi connectivity index (χ1v) is 10.5. The first-order chi connectivity index (χ1) is 11.3. The highest BCUT2D eigenvalue weighted by molar-refractivity contribution is 7.88. The van der Waals surface area contributed by atoms with Gasteiger partial charge in [-0.2, -0.15) is 4.31 Å². The summed E-state index contributed by atoms with van der Waals surface area (Å²) in [4.78, 5) is 14.6. The molecule has 1 atom stereocenters. The smallest absolute Gasteiger partial charge is 0.238 e. The first-order valence-electron chi connectivity index (χ1n) is 8.61. The SMILES string of the molecule is CCC1CCCCN1C(=O)CN(Cc1ccc(C)cc1)S(C)(=O)=O. The van der Waals surface area contributed by atoms with Gasteiger partial charge in [-0.05, 0) is 38.2 Å². The number of hydrogen-bond donors (Lipinski definition) is 0. The van der Waals surface area contributed by atoms with Crippen LogP contribution in [0, 0.1) is 6.92 Å². The minimum atomic E-state index is -3.45. The van der Waals surface area contributed by atoms with E-state index in [1.165, 1.54) is 10.6 Å². The lowest BCUT2D eigenvalue weighted by atomic mass is 10.00. The van der Waals surface area contributed by atoms with E-state index < -0.39 is 10.0 Å². The van der Waals surface area contributed by atoms with Gasteiger partial charge in [-0.3, -0.25) is 4.79 Å². The molecular formula is C18H28N2O3S. The summed E-state index contributed by atoms with van der Waals surface area (Å²) in [7, 11) is -3.45. The fraction of sp³-hybridized carbons (Fsp3) is 0.611. The van der Waals surface area contributed by atoms with E-state index in [-0.39, 0.29) is 25.0 Å². The molecule has 0 aromatic heterocycles. The molecule has 1 fully saturated rings. The number of piperidine rings is 1. The standard InChI is InChI=1S/C18H28N2O3S/c1-4-17-7-5-6-12-20(17)18(21)14-19(24(3,22)23)13-16-10-8-15(2)9-11-16/h8-11,17H,4-7,12-14H2,1-3H3. The predicted octanol–water partition coefficient (Wildman–Crippen LogP) is 2.55. The fourth-order valence-electron chi connectivity index (χ4n) is 3.18. The lowest BCUT2D eigenvalue weighted by molar-refractivity contribution is -0.135. The molecule has 2 rings (SSSR count). The second kappa shape index (κ2) is 8.12. The van der Waals surface area contributed by atoms with Gasteiger partial charge in [0.15, 0.2) is 0 Å². The number of amides is 1. The minimum Gasteiger partial charge on any atom is -0.339 e. The van der Waals surface area contributed by atoms with E-state index in [4.69, 9.17) is 0 Å². The second-order valence-corrected chi connectivity index (χ2v) is 8.64. The monoisotopic (exact) mass is 352 g/mol. The summed E-state index contributed by atoms with van der Waals surface area (Å²) in [6.45, 7) is 4.96. The molecule has 134 valence electrons. The Labute approximate surface area is 145 Å². The molecule has 1 aromatic rings. The van der Waals surface area contributed by atoms with Crippen LogP contribution in [0.25, 0.3) is 0 Å². The zero-order valence-corrected chi connectivity index (χ0v) is 15.7. The molecule has 1 aromatic carbocycles. The van der Waals surface area contributed by atoms with Gasteiger partial charge in [-0.25, -0.2) is 8.42 Å². The molecule has 0 bridgehead atoms. The number of aryl methyl sites for hydroxylation is 1. The van der Waals surface area contributed by atoms with Gasteiger partial charge in [0.25, 0.3) is 0 Å². The van der Waals surface area contributed by atoms with Gasteiger partial charge >= 0.3 is 0 Å². The molecule has 6 heteroatoms. The predicted molar refractivity (Wildman–Crippen MR) is 96.1 cm³/mol. The van der Waals surface area contributed by atoms with E-state index in [1.54, 1.807) is 0 Å². The Kier molecular flexibility index (Phi) is 6.40. The normalized spacial score (nSPS) is 18.8. The Balaban J connectivity index is 2.11. The molecule has 1 amide bonds. The van der Waals surface area contributed by atoms with Crippen molar-refractivity contribution < 1.29 is 13.2 Å². The van der Waals surface area contributed by atoms with E-state index in [9.17, 15) is 13.2 Å². The molecule has 0 spiro atoms. The van der Waals surface area contributed by atoms with Gasteiger partial charge < -0.3 is 4.90 Å². The molecule has 1 saturated heterocycles. The molecule has 1 aliphatic heterocycles. The van der Waals surface area contributed by atoms with Crippen molar-refractivity contribution in [3.05, 3.63) is 35.4 Å². The average Bonchev–Trinajstić information content (AvgIpc) is 2.55. The highest BCUT2D eigenvalue weighted by Gasteiger charge is 2.29. The molecule has 1 unspecified atom stereocenters. The number of likely N-dealkylation sites (tertiary alicyclic amines) is 1. The van der Waals surface area contributed by atoms with Crippen molar-refractivity contribution in [2.24, 2.45) is 0 Å². The average molecular weight is 353 g/mol. The van der Waals surface area contributed by atoms with Crippen molar-refractivity contribution in [1.29, 1.82) is 0 Å². The zero-order chi connectivity index (χ0) is 17.7. The van der Waals surface area contributed by atoms with Crippen LogP contribution in [0.4, 0.5) is 0 Å². The van der Waals surface area contributed by atoms with E-state index in [0.717, 1.165) is 43.4 Å². The van der Waals surface area contributed by atoms with Gasteiger partial charge in [0.05, 0.1) is 12.8 Å². The zero-order valence-electron chi connectivity index (χ0n) is 14.9. The summed E-state index contributed by atoms with van der Waals surface area (Å²) in [6.07, 6.45) is 5.24. The summed E-state index contributed by atoms with van der Waals surface area (Å²) in [5.41, 5.74) is 2.02. The molecule has 24 heavy (non-hydrogen) atoms. The maximum atomic E-state index is 12.7. The largest absolute Gasteiger partial charge is 0.339 e. The first kappa shape index (κ1) is 18.9. The number of hydrogen-bond acceptors (Lipinski definition) is 3. The summed E-state index contributed by atoms with van der Waals surface area (Å²) in [5.74, 6) is -0.0842. The Bertz CT molecular complexity index is 655. The highest BCUT2D eigenvalue weighted by atomic mass is 32.2. The highest BCUT2D eigenvalue weighted by Crippen LogP contribution is 2.20. The topological polar surface area (TPSA) is 57.7 Å². The van der Waals surface area contributed by atoms with E-state index in [0.29, 0.717) is 0 Å². The molecule has 0 radical (unpaired) electrons. The number of rotatable bonds is 6. The third-order valence-electron chi connectivity index (χ3n) is 4.68. The van der Waals surface area contributed by atoms with Gasteiger partial charge in [0, 0.05) is 19.1 Å². The number of carbonyl (C=O) groups is 1. The quantitative estimate of drug-likeness (QED) is 0.790. The Morgan fingerprint density at radius 3 is 2.50 bits per heavy atom. The second-order valence-electron chi connectivity index (χ2n) is 6.66. The summed E-state index contributed by atoms with van der Waals surface area (Å²) in [6, 6.07) is 7.97. The number of benzene rings is 1. The van der Waals surface area contributed by atoms with Crippen molar-refractivity contribution in [2.75, 3.05) is 19.3 Å². The molecule has 1 heterocycles. The summed E-state index contributed by atoms with van der Waals surface area (Å²) >= 11 is 0. The van der Waals surface area contributed by atoms with Crippen LogP contribution in [0.1, 0.15) is 43.7 Å². The minimum absolute atomic E-state index is 0.0801. The van der Waals surface area contributed by atoms with Crippen molar-refractivity contribution in [1.82, 2.24) is 9.21 Å². The van der Waals surface area contributed by atoms with Gasteiger partial charge in [-0.15, -0.1) is 0 Å². The molecular weight excluding hydrogens is 324 g/mol. The van der Waals surface area contributed by atoms with Crippen LogP contribution in [0.5, 0.6) is 0 Å². The van der Waals surface area contributed by atoms with Gasteiger partial charge in [0.1, 0.15) is 0 Å². The lowest BCUT2D eigenvalue weighted by Gasteiger charge is -2.36. The van der Waals surface area contributed by atoms with E-state index in [2.05, 4.69) is 6.92 Å². The fourth-order valence-corrected chi connectivity index (χ4v) is 3.91. The maximum absolute atomic E-state index is 12.7. The van der Waals surface area contributed by atoms with Gasteiger partial charge in [0.2, 0.25) is 15.9 Å².